The number of benzene rings is 2. The quantitative estimate of drug-likeness (QED) is 0.0894. The summed E-state index contributed by atoms with van der Waals surface area (Å²) >= 11 is 0. The minimum atomic E-state index is -2.04. The highest BCUT2D eigenvalue weighted by Gasteiger charge is 2.32. The normalized spacial score (nSPS) is 20.0. The van der Waals surface area contributed by atoms with Gasteiger partial charge >= 0.3 is 0 Å². The molecule has 0 saturated carbocycles. The van der Waals surface area contributed by atoms with E-state index in [-0.39, 0.29) is 0 Å². The van der Waals surface area contributed by atoms with Crippen LogP contribution in [0.2, 0.25) is 131 Å². The molecule has 0 aliphatic rings. The molecule has 35 heteroatoms. The second-order valence-electron chi connectivity index (χ2n) is 17.1. The molecular weight excluding hydrogens is 1160 g/mol. The highest BCUT2D eigenvalue weighted by molar-refractivity contribution is 6.89. The Bertz CT molecular complexity index is 1490. The molecule has 2 rings (SSSR count). The fourth-order valence-electron chi connectivity index (χ4n) is 7.20. The summed E-state index contributed by atoms with van der Waals surface area (Å²) < 4.78 is 107. The lowest BCUT2D eigenvalue weighted by atomic mass is 10.4. The van der Waals surface area contributed by atoms with Crippen LogP contribution in [-0.4, -0.2) is 165 Å². The van der Waals surface area contributed by atoms with Gasteiger partial charge in [-0.15, -0.1) is 0 Å². The molecule has 0 N–H and O–H groups in total. The summed E-state index contributed by atoms with van der Waals surface area (Å²) in [4.78, 5) is 0. The van der Waals surface area contributed by atoms with E-state index in [9.17, 15) is 0 Å². The van der Waals surface area contributed by atoms with Crippen LogP contribution >= 0.6 is 0 Å². The highest BCUT2D eigenvalue weighted by atomic mass is 28.5. The van der Waals surface area contributed by atoms with E-state index in [1.807, 2.05) is 90.7 Å². The standard InChI is InChI=1S/C32H86O17Si18/c1-50(34-52(3)36-54(5)38-56(7)40-58(9)42-60(11)44-62(13)46-64(15)48-66(17,18)31-27-23-21-24-28-31)33-51(2)35-53(4)37-55(6)39-57(8)41-59(10)43-61(12)45-63(14)47-65(16)49-67(19,20)32-29-25-22-26-30-32/h21-30,50-65H,1-20H3. The molecular formula is C32H86O17Si18. The molecule has 0 aliphatic heterocycles. The van der Waals surface area contributed by atoms with Gasteiger partial charge < -0.3 is 70.0 Å². The monoisotopic (exact) mass is 1250 g/mol. The average molecular weight is 1250 g/mol. The average Bonchev–Trinajstić information content (AvgIpc) is 3.16. The summed E-state index contributed by atoms with van der Waals surface area (Å²) in [6.45, 7) is 41.4. The van der Waals surface area contributed by atoms with E-state index < -0.39 is 165 Å². The summed E-state index contributed by atoms with van der Waals surface area (Å²) in [6, 6.07) is 20.9. The fourth-order valence-corrected chi connectivity index (χ4v) is 62.4. The first kappa shape index (κ1) is 64.8. The van der Waals surface area contributed by atoms with Crippen LogP contribution in [-0.2, 0) is 70.0 Å². The maximum Gasteiger partial charge on any atom is 0.300 e. The first-order valence-corrected chi connectivity index (χ1v) is 62.9. The summed E-state index contributed by atoms with van der Waals surface area (Å²) in [5.74, 6) is 0. The minimum Gasteiger partial charge on any atom is -0.435 e. The Kier molecular flexibility index (Phi) is 32.4. The zero-order chi connectivity index (χ0) is 50.5. The Balaban J connectivity index is 1.61. The molecule has 0 fully saturated rings. The van der Waals surface area contributed by atoms with Crippen molar-refractivity contribution < 1.29 is 70.0 Å². The van der Waals surface area contributed by atoms with Gasteiger partial charge in [-0.1, -0.05) is 60.7 Å². The second kappa shape index (κ2) is 33.6. The van der Waals surface area contributed by atoms with Crippen molar-refractivity contribution in [2.24, 2.45) is 0 Å². The third-order valence-electron chi connectivity index (χ3n) is 9.61. The summed E-state index contributed by atoms with van der Waals surface area (Å²) in [5, 5.41) is 2.53. The predicted molar refractivity (Wildman–Crippen MR) is 314 cm³/mol. The van der Waals surface area contributed by atoms with Crippen LogP contribution in [0.15, 0.2) is 60.7 Å². The van der Waals surface area contributed by atoms with Gasteiger partial charge in [-0.05, 0) is 141 Å². The number of hydrogen-bond acceptors (Lipinski definition) is 17. The van der Waals surface area contributed by atoms with Crippen LogP contribution in [0.1, 0.15) is 0 Å². The molecule has 2 aromatic rings. The van der Waals surface area contributed by atoms with Crippen LogP contribution < -0.4 is 10.4 Å². The first-order chi connectivity index (χ1) is 31.2. The van der Waals surface area contributed by atoms with E-state index >= 15 is 0 Å². The fraction of sp³-hybridized carbons (Fsp3) is 0.625. The predicted octanol–water partition coefficient (Wildman–Crippen LogP) is 1.10. The van der Waals surface area contributed by atoms with Crippen LogP contribution in [0.3, 0.4) is 0 Å². The maximum atomic E-state index is 6.51. The van der Waals surface area contributed by atoms with Gasteiger partial charge in [-0.3, -0.25) is 0 Å². The molecule has 0 aromatic heterocycles. The molecule has 16 atom stereocenters. The summed E-state index contributed by atoms with van der Waals surface area (Å²) in [7, 11) is -35.3. The Labute approximate surface area is 433 Å². The van der Waals surface area contributed by atoms with Crippen LogP contribution in [0, 0.1) is 0 Å². The van der Waals surface area contributed by atoms with E-state index in [1.165, 1.54) is 10.4 Å². The van der Waals surface area contributed by atoms with Gasteiger partial charge in [-0.2, -0.15) is 0 Å². The summed E-state index contributed by atoms with van der Waals surface area (Å²) in [6.07, 6.45) is 0. The van der Waals surface area contributed by atoms with Gasteiger partial charge in [0.05, 0.1) is 0 Å². The second-order valence-corrected chi connectivity index (χ2v) is 60.7. The molecule has 17 nitrogen and oxygen atoms in total. The third-order valence-corrected chi connectivity index (χ3v) is 66.4. The van der Waals surface area contributed by atoms with Crippen molar-refractivity contribution in [2.75, 3.05) is 0 Å². The largest absolute Gasteiger partial charge is 0.435 e. The lowest BCUT2D eigenvalue weighted by molar-refractivity contribution is 0.305. The lowest BCUT2D eigenvalue weighted by Gasteiger charge is -2.30. The highest BCUT2D eigenvalue weighted by Crippen LogP contribution is 2.13. The number of rotatable bonds is 36. The third kappa shape index (κ3) is 29.4. The van der Waals surface area contributed by atoms with E-state index in [4.69, 9.17) is 70.0 Å². The molecule has 0 aliphatic carbocycles. The molecule has 0 spiro atoms. The van der Waals surface area contributed by atoms with Crippen molar-refractivity contribution >= 4 is 176 Å². The molecule has 16 unspecified atom stereocenters. The molecule has 0 saturated heterocycles. The number of hydrogen-bond donors (Lipinski definition) is 0. The lowest BCUT2D eigenvalue weighted by Crippen LogP contribution is -2.50. The smallest absolute Gasteiger partial charge is 0.300 e. The molecule has 0 amide bonds. The van der Waals surface area contributed by atoms with Crippen molar-refractivity contribution in [1.29, 1.82) is 0 Å². The SMILES string of the molecule is C[SiH](O[SiH](C)O[SiH](C)O[SiH](C)O[SiH](C)O[SiH](C)O[SiH](C)O[SiH](C)O[SiH](C)O[Si](C)(C)c1ccccc1)O[SiH](C)O[SiH](C)O[SiH](C)O[SiH](C)O[SiH](C)O[SiH](C)O[SiH](C)O[Si](C)(C)c1ccccc1. The van der Waals surface area contributed by atoms with Crippen molar-refractivity contribution in [3.05, 3.63) is 60.7 Å². The molecule has 67 heavy (non-hydrogen) atoms. The first-order valence-electron chi connectivity index (χ1n) is 23.5. The Morgan fingerprint density at radius 2 is 0.358 bits per heavy atom. The van der Waals surface area contributed by atoms with Gasteiger partial charge in [0, 0.05) is 0 Å². The zero-order valence-electron chi connectivity index (χ0n) is 44.0. The van der Waals surface area contributed by atoms with E-state index in [0.717, 1.165) is 0 Å². The van der Waals surface area contributed by atoms with Gasteiger partial charge in [0.15, 0.2) is 0 Å². The van der Waals surface area contributed by atoms with Crippen molar-refractivity contribution in [3.63, 3.8) is 0 Å². The van der Waals surface area contributed by atoms with E-state index in [1.54, 1.807) is 0 Å². The van der Waals surface area contributed by atoms with Gasteiger partial charge in [0.25, 0.3) is 149 Å². The topological polar surface area (TPSA) is 157 Å². The van der Waals surface area contributed by atoms with E-state index in [2.05, 4.69) is 101 Å². The molecule has 2 aromatic carbocycles. The molecule has 0 radical (unpaired) electrons. The van der Waals surface area contributed by atoms with Gasteiger partial charge in [-0.25, -0.2) is 0 Å². The Hall–Kier alpha value is 1.66. The molecule has 0 heterocycles. The van der Waals surface area contributed by atoms with Crippen LogP contribution in [0.25, 0.3) is 0 Å². The van der Waals surface area contributed by atoms with Crippen molar-refractivity contribution in [3.8, 4) is 0 Å². The zero-order valence-corrected chi connectivity index (χ0v) is 64.4. The maximum absolute atomic E-state index is 6.51. The van der Waals surface area contributed by atoms with Gasteiger partial charge in [0.2, 0.25) is 16.6 Å². The minimum absolute atomic E-state index is 1.26. The molecule has 388 valence electrons. The van der Waals surface area contributed by atoms with Crippen molar-refractivity contribution in [2.45, 2.75) is 131 Å². The van der Waals surface area contributed by atoms with E-state index in [0.29, 0.717) is 0 Å². The van der Waals surface area contributed by atoms with Crippen LogP contribution in [0.5, 0.6) is 0 Å². The van der Waals surface area contributed by atoms with Gasteiger partial charge in [0.1, 0.15) is 0 Å². The Morgan fingerprint density at radius 1 is 0.224 bits per heavy atom. The van der Waals surface area contributed by atoms with Crippen LogP contribution in [0.4, 0.5) is 0 Å². The molecule has 0 bridgehead atoms. The summed E-state index contributed by atoms with van der Waals surface area (Å²) in [5.41, 5.74) is 0. The Morgan fingerprint density at radius 3 is 0.507 bits per heavy atom. The van der Waals surface area contributed by atoms with Crippen molar-refractivity contribution in [1.82, 2.24) is 0 Å².